The average molecular weight is 313 g/mol. The van der Waals surface area contributed by atoms with E-state index in [2.05, 4.69) is 10.6 Å². The molecule has 0 heterocycles. The predicted octanol–water partition coefficient (Wildman–Crippen LogP) is 0.884. The van der Waals surface area contributed by atoms with Gasteiger partial charge in [0.05, 0.1) is 6.54 Å². The van der Waals surface area contributed by atoms with Gasteiger partial charge in [-0.2, -0.15) is 0 Å². The SMILES string of the molecule is CC(C1CC1)N(C)C(=O)CNC(=O)CNC(=O)OC(C)(C)C. The van der Waals surface area contributed by atoms with Gasteiger partial charge in [0.2, 0.25) is 11.8 Å². The van der Waals surface area contributed by atoms with Crippen molar-refractivity contribution in [3.63, 3.8) is 0 Å². The highest BCUT2D eigenvalue weighted by molar-refractivity contribution is 5.87. The molecule has 0 aromatic heterocycles. The largest absolute Gasteiger partial charge is 0.444 e. The summed E-state index contributed by atoms with van der Waals surface area (Å²) in [6.45, 7) is 6.94. The Morgan fingerprint density at radius 3 is 2.27 bits per heavy atom. The molecule has 0 bridgehead atoms. The van der Waals surface area contributed by atoms with Gasteiger partial charge in [0, 0.05) is 13.1 Å². The van der Waals surface area contributed by atoms with E-state index in [0.717, 1.165) is 12.8 Å². The zero-order valence-corrected chi connectivity index (χ0v) is 14.1. The monoisotopic (exact) mass is 313 g/mol. The lowest BCUT2D eigenvalue weighted by molar-refractivity contribution is -0.133. The van der Waals surface area contributed by atoms with Gasteiger partial charge in [-0.3, -0.25) is 9.59 Å². The van der Waals surface area contributed by atoms with Gasteiger partial charge in [-0.25, -0.2) is 4.79 Å². The first-order valence-corrected chi connectivity index (χ1v) is 7.59. The Balaban J connectivity index is 2.22. The van der Waals surface area contributed by atoms with Gasteiger partial charge >= 0.3 is 6.09 Å². The fraction of sp³-hybridized carbons (Fsp3) is 0.800. The van der Waals surface area contributed by atoms with Crippen LogP contribution in [0.4, 0.5) is 4.79 Å². The van der Waals surface area contributed by atoms with Gasteiger partial charge in [-0.05, 0) is 46.5 Å². The highest BCUT2D eigenvalue weighted by Crippen LogP contribution is 2.34. The van der Waals surface area contributed by atoms with Crippen LogP contribution in [-0.2, 0) is 14.3 Å². The molecular weight excluding hydrogens is 286 g/mol. The van der Waals surface area contributed by atoms with Crippen LogP contribution in [0.25, 0.3) is 0 Å². The summed E-state index contributed by atoms with van der Waals surface area (Å²) in [6, 6.07) is 0.198. The first-order chi connectivity index (χ1) is 10.1. The molecule has 1 aliphatic rings. The predicted molar refractivity (Wildman–Crippen MR) is 82.2 cm³/mol. The molecule has 1 aliphatic carbocycles. The van der Waals surface area contributed by atoms with E-state index in [9.17, 15) is 14.4 Å². The topological polar surface area (TPSA) is 87.7 Å². The van der Waals surface area contributed by atoms with Crippen LogP contribution in [0.15, 0.2) is 0 Å². The van der Waals surface area contributed by atoms with E-state index in [0.29, 0.717) is 5.92 Å². The van der Waals surface area contributed by atoms with E-state index in [1.807, 2.05) is 6.92 Å². The molecule has 0 aromatic rings. The number of hydrogen-bond donors (Lipinski definition) is 2. The van der Waals surface area contributed by atoms with E-state index < -0.39 is 17.6 Å². The molecule has 1 rings (SSSR count). The first-order valence-electron chi connectivity index (χ1n) is 7.59. The molecule has 1 unspecified atom stereocenters. The third-order valence-electron chi connectivity index (χ3n) is 3.54. The maximum Gasteiger partial charge on any atom is 0.408 e. The lowest BCUT2D eigenvalue weighted by Gasteiger charge is -2.25. The fourth-order valence-electron chi connectivity index (χ4n) is 1.95. The summed E-state index contributed by atoms with van der Waals surface area (Å²) < 4.78 is 5.01. The van der Waals surface area contributed by atoms with Crippen LogP contribution >= 0.6 is 0 Å². The van der Waals surface area contributed by atoms with Crippen LogP contribution in [0, 0.1) is 5.92 Å². The summed E-state index contributed by atoms with van der Waals surface area (Å²) in [5.74, 6) is 0.0233. The molecule has 0 aromatic carbocycles. The molecule has 0 radical (unpaired) electrons. The molecular formula is C15H27N3O4. The van der Waals surface area contributed by atoms with Gasteiger partial charge in [-0.15, -0.1) is 0 Å². The van der Waals surface area contributed by atoms with Crippen molar-refractivity contribution in [3.8, 4) is 0 Å². The van der Waals surface area contributed by atoms with E-state index >= 15 is 0 Å². The number of alkyl carbamates (subject to hydrolysis) is 1. The minimum Gasteiger partial charge on any atom is -0.444 e. The summed E-state index contributed by atoms with van der Waals surface area (Å²) in [6.07, 6.45) is 1.66. The Morgan fingerprint density at radius 1 is 1.18 bits per heavy atom. The molecule has 3 amide bonds. The Bertz CT molecular complexity index is 427. The standard InChI is InChI=1S/C15H27N3O4/c1-10(11-6-7-11)18(5)13(20)9-16-12(19)8-17-14(21)22-15(2,3)4/h10-11H,6-9H2,1-5H3,(H,16,19)(H,17,21). The number of hydrogen-bond acceptors (Lipinski definition) is 4. The molecule has 126 valence electrons. The molecule has 22 heavy (non-hydrogen) atoms. The first kappa shape index (κ1) is 18.3. The second-order valence-electron chi connectivity index (χ2n) is 6.71. The van der Waals surface area contributed by atoms with Crippen molar-refractivity contribution >= 4 is 17.9 Å². The summed E-state index contributed by atoms with van der Waals surface area (Å²) >= 11 is 0. The molecule has 1 saturated carbocycles. The van der Waals surface area contributed by atoms with Crippen molar-refractivity contribution in [2.45, 2.75) is 52.2 Å². The maximum absolute atomic E-state index is 11.9. The van der Waals surface area contributed by atoms with E-state index in [1.54, 1.807) is 32.7 Å². The average Bonchev–Trinajstić information content (AvgIpc) is 3.23. The number of carbonyl (C=O) groups excluding carboxylic acids is 3. The second-order valence-corrected chi connectivity index (χ2v) is 6.71. The highest BCUT2D eigenvalue weighted by atomic mass is 16.6. The van der Waals surface area contributed by atoms with Gasteiger partial charge in [0.25, 0.3) is 0 Å². The smallest absolute Gasteiger partial charge is 0.408 e. The molecule has 1 fully saturated rings. The van der Waals surface area contributed by atoms with Crippen molar-refractivity contribution in [3.05, 3.63) is 0 Å². The Kier molecular flexibility index (Phi) is 6.20. The summed E-state index contributed by atoms with van der Waals surface area (Å²) in [5.41, 5.74) is -0.613. The summed E-state index contributed by atoms with van der Waals surface area (Å²) in [5, 5.41) is 4.84. The van der Waals surface area contributed by atoms with Crippen LogP contribution < -0.4 is 10.6 Å². The summed E-state index contributed by atoms with van der Waals surface area (Å²) in [7, 11) is 1.75. The summed E-state index contributed by atoms with van der Waals surface area (Å²) in [4.78, 5) is 36.6. The lowest BCUT2D eigenvalue weighted by atomic mass is 10.2. The molecule has 7 heteroatoms. The number of nitrogens with one attached hydrogen (secondary N) is 2. The molecule has 2 N–H and O–H groups in total. The van der Waals surface area contributed by atoms with Gasteiger partial charge in [-0.1, -0.05) is 0 Å². The molecule has 7 nitrogen and oxygen atoms in total. The molecule has 1 atom stereocenters. The molecule has 0 spiro atoms. The van der Waals surface area contributed by atoms with Crippen molar-refractivity contribution in [1.82, 2.24) is 15.5 Å². The van der Waals surface area contributed by atoms with E-state index in [1.165, 1.54) is 0 Å². The van der Waals surface area contributed by atoms with Gasteiger partial charge < -0.3 is 20.3 Å². The van der Waals surface area contributed by atoms with Crippen LogP contribution in [0.1, 0.15) is 40.5 Å². The van der Waals surface area contributed by atoms with Crippen molar-refractivity contribution < 1.29 is 19.1 Å². The quantitative estimate of drug-likeness (QED) is 0.762. The third-order valence-corrected chi connectivity index (χ3v) is 3.54. The number of likely N-dealkylation sites (N-methyl/N-ethyl adjacent to an activating group) is 1. The van der Waals surface area contributed by atoms with Crippen LogP contribution in [0.3, 0.4) is 0 Å². The van der Waals surface area contributed by atoms with Crippen molar-refractivity contribution in [2.24, 2.45) is 5.92 Å². The normalized spacial score (nSPS) is 15.7. The Labute approximate surface area is 131 Å². The van der Waals surface area contributed by atoms with E-state index in [4.69, 9.17) is 4.74 Å². The number of amides is 3. The Morgan fingerprint density at radius 2 is 1.77 bits per heavy atom. The minimum atomic E-state index is -0.659. The zero-order valence-electron chi connectivity index (χ0n) is 14.1. The van der Waals surface area contributed by atoms with Crippen LogP contribution in [0.5, 0.6) is 0 Å². The molecule has 0 saturated heterocycles. The van der Waals surface area contributed by atoms with Crippen LogP contribution in [0.2, 0.25) is 0 Å². The number of carbonyl (C=O) groups is 3. The third kappa shape index (κ3) is 6.78. The number of ether oxygens (including phenoxy) is 1. The lowest BCUT2D eigenvalue weighted by Crippen LogP contribution is -2.45. The minimum absolute atomic E-state index is 0.0671. The van der Waals surface area contributed by atoms with Gasteiger partial charge in [0.1, 0.15) is 12.1 Å². The van der Waals surface area contributed by atoms with Crippen molar-refractivity contribution in [1.29, 1.82) is 0 Å². The van der Waals surface area contributed by atoms with E-state index in [-0.39, 0.29) is 25.0 Å². The zero-order chi connectivity index (χ0) is 16.9. The maximum atomic E-state index is 11.9. The fourth-order valence-corrected chi connectivity index (χ4v) is 1.95. The number of rotatable bonds is 6. The second kappa shape index (κ2) is 7.47. The van der Waals surface area contributed by atoms with Crippen LogP contribution in [-0.4, -0.2) is 54.6 Å². The highest BCUT2D eigenvalue weighted by Gasteiger charge is 2.32. The number of nitrogens with zero attached hydrogens (tertiary/aromatic N) is 1. The van der Waals surface area contributed by atoms with Crippen molar-refractivity contribution in [2.75, 3.05) is 20.1 Å². The Hall–Kier alpha value is -1.79. The molecule has 0 aliphatic heterocycles. The van der Waals surface area contributed by atoms with Gasteiger partial charge in [0.15, 0.2) is 0 Å².